The number of carbonyl (C=O) groups excluding carboxylic acids is 2. The second kappa shape index (κ2) is 12.0. The molecule has 0 atom stereocenters. The van der Waals surface area contributed by atoms with E-state index in [1.807, 2.05) is 30.3 Å². The highest BCUT2D eigenvalue weighted by atomic mass is 19.3. The van der Waals surface area contributed by atoms with Gasteiger partial charge in [0.25, 0.3) is 0 Å². The van der Waals surface area contributed by atoms with Crippen molar-refractivity contribution in [3.05, 3.63) is 65.7 Å². The SMILES string of the molecule is COc1cc(/C=C/C(=O)N2CCC(NC(=O)CCc3ccccc3)CC2)ccc1OC(F)F. The van der Waals surface area contributed by atoms with E-state index in [4.69, 9.17) is 4.74 Å². The molecule has 1 aliphatic heterocycles. The summed E-state index contributed by atoms with van der Waals surface area (Å²) >= 11 is 0. The first-order valence-electron chi connectivity index (χ1n) is 10.9. The van der Waals surface area contributed by atoms with Crippen LogP contribution in [0.1, 0.15) is 30.4 Å². The number of alkyl halides is 2. The van der Waals surface area contributed by atoms with E-state index in [9.17, 15) is 18.4 Å². The number of hydrogen-bond acceptors (Lipinski definition) is 4. The van der Waals surface area contributed by atoms with Crippen molar-refractivity contribution in [2.45, 2.75) is 38.3 Å². The van der Waals surface area contributed by atoms with E-state index in [0.717, 1.165) is 5.56 Å². The first-order valence-corrected chi connectivity index (χ1v) is 10.9. The van der Waals surface area contributed by atoms with Crippen LogP contribution in [-0.2, 0) is 16.0 Å². The average Bonchev–Trinajstić information content (AvgIpc) is 2.82. The summed E-state index contributed by atoms with van der Waals surface area (Å²) in [5.74, 6) is -0.0231. The fourth-order valence-electron chi connectivity index (χ4n) is 3.70. The molecular weight excluding hydrogens is 430 g/mol. The predicted octanol–water partition coefficient (Wildman–Crippen LogP) is 4.05. The molecule has 0 saturated carbocycles. The van der Waals surface area contributed by atoms with Gasteiger partial charge in [0.15, 0.2) is 11.5 Å². The Kier molecular flexibility index (Phi) is 8.80. The van der Waals surface area contributed by atoms with E-state index in [1.54, 1.807) is 17.0 Å². The Morgan fingerprint density at radius 3 is 2.52 bits per heavy atom. The van der Waals surface area contributed by atoms with Crippen molar-refractivity contribution in [1.82, 2.24) is 10.2 Å². The van der Waals surface area contributed by atoms with Gasteiger partial charge in [-0.1, -0.05) is 36.4 Å². The number of aryl methyl sites for hydroxylation is 1. The van der Waals surface area contributed by atoms with Crippen LogP contribution < -0.4 is 14.8 Å². The number of halogens is 2. The Bertz CT molecular complexity index is 958. The normalized spacial score (nSPS) is 14.5. The zero-order valence-corrected chi connectivity index (χ0v) is 18.5. The molecule has 0 unspecified atom stereocenters. The smallest absolute Gasteiger partial charge is 0.387 e. The molecule has 1 saturated heterocycles. The molecule has 0 aromatic heterocycles. The molecule has 1 heterocycles. The third kappa shape index (κ3) is 7.59. The topological polar surface area (TPSA) is 67.9 Å². The lowest BCUT2D eigenvalue weighted by Crippen LogP contribution is -2.46. The molecule has 0 aliphatic carbocycles. The molecular formula is C25H28F2N2O4. The van der Waals surface area contributed by atoms with Crippen molar-refractivity contribution in [2.75, 3.05) is 20.2 Å². The number of amides is 2. The first-order chi connectivity index (χ1) is 15.9. The molecule has 3 rings (SSSR count). The zero-order valence-electron chi connectivity index (χ0n) is 18.5. The summed E-state index contributed by atoms with van der Waals surface area (Å²) in [5.41, 5.74) is 1.76. The standard InChI is InChI=1S/C25H28F2N2O4/c1-32-22-17-19(7-10-21(22)33-25(26)27)9-12-24(31)29-15-13-20(14-16-29)28-23(30)11-8-18-5-3-2-4-6-18/h2-7,9-10,12,17,20,25H,8,11,13-16H2,1H3,(H,28,30)/b12-9+. The van der Waals surface area contributed by atoms with Crippen LogP contribution in [0.4, 0.5) is 8.78 Å². The van der Waals surface area contributed by atoms with Gasteiger partial charge in [-0.15, -0.1) is 0 Å². The van der Waals surface area contributed by atoms with Gasteiger partial charge < -0.3 is 19.7 Å². The van der Waals surface area contributed by atoms with Crippen LogP contribution in [0.25, 0.3) is 6.08 Å². The lowest BCUT2D eigenvalue weighted by molar-refractivity contribution is -0.127. The number of methoxy groups -OCH3 is 1. The molecule has 1 aliphatic rings. The molecule has 2 aromatic rings. The number of likely N-dealkylation sites (tertiary alicyclic amines) is 1. The van der Waals surface area contributed by atoms with E-state index >= 15 is 0 Å². The van der Waals surface area contributed by atoms with Crippen LogP contribution in [0.15, 0.2) is 54.6 Å². The summed E-state index contributed by atoms with van der Waals surface area (Å²) in [5, 5.41) is 3.06. The highest BCUT2D eigenvalue weighted by Gasteiger charge is 2.22. The maximum atomic E-state index is 12.5. The van der Waals surface area contributed by atoms with Crippen LogP contribution in [0.5, 0.6) is 11.5 Å². The number of piperidine rings is 1. The molecule has 0 bridgehead atoms. The fourth-order valence-corrected chi connectivity index (χ4v) is 3.70. The Balaban J connectivity index is 1.44. The van der Waals surface area contributed by atoms with Crippen molar-refractivity contribution in [3.63, 3.8) is 0 Å². The third-order valence-electron chi connectivity index (χ3n) is 5.48. The maximum Gasteiger partial charge on any atom is 0.387 e. The van der Waals surface area contributed by atoms with E-state index in [1.165, 1.54) is 25.3 Å². The number of hydrogen-bond donors (Lipinski definition) is 1. The quantitative estimate of drug-likeness (QED) is 0.576. The predicted molar refractivity (Wildman–Crippen MR) is 121 cm³/mol. The van der Waals surface area contributed by atoms with Gasteiger partial charge in [0.1, 0.15) is 0 Å². The summed E-state index contributed by atoms with van der Waals surface area (Å²) in [4.78, 5) is 26.5. The highest BCUT2D eigenvalue weighted by molar-refractivity contribution is 5.92. The van der Waals surface area contributed by atoms with Crippen LogP contribution in [0.3, 0.4) is 0 Å². The van der Waals surface area contributed by atoms with Gasteiger partial charge in [0.2, 0.25) is 11.8 Å². The minimum absolute atomic E-state index is 0.0248. The van der Waals surface area contributed by atoms with Gasteiger partial charge in [0.05, 0.1) is 7.11 Å². The molecule has 0 radical (unpaired) electrons. The van der Waals surface area contributed by atoms with Gasteiger partial charge >= 0.3 is 6.61 Å². The van der Waals surface area contributed by atoms with Crippen LogP contribution in [0.2, 0.25) is 0 Å². The summed E-state index contributed by atoms with van der Waals surface area (Å²) in [6.45, 7) is -1.84. The summed E-state index contributed by atoms with van der Waals surface area (Å²) in [6, 6.07) is 14.4. The summed E-state index contributed by atoms with van der Waals surface area (Å²) in [7, 11) is 1.36. The van der Waals surface area contributed by atoms with E-state index < -0.39 is 6.61 Å². The number of rotatable bonds is 9. The second-order valence-corrected chi connectivity index (χ2v) is 7.77. The van der Waals surface area contributed by atoms with E-state index in [0.29, 0.717) is 44.3 Å². The Hall–Kier alpha value is -3.42. The third-order valence-corrected chi connectivity index (χ3v) is 5.48. The molecule has 33 heavy (non-hydrogen) atoms. The fraction of sp³-hybridized carbons (Fsp3) is 0.360. The second-order valence-electron chi connectivity index (χ2n) is 7.77. The number of benzene rings is 2. The van der Waals surface area contributed by atoms with Gasteiger partial charge in [-0.05, 0) is 48.6 Å². The van der Waals surface area contributed by atoms with Crippen molar-refractivity contribution in [2.24, 2.45) is 0 Å². The number of nitrogens with one attached hydrogen (secondary N) is 1. The van der Waals surface area contributed by atoms with Gasteiger partial charge in [-0.25, -0.2) is 0 Å². The molecule has 1 N–H and O–H groups in total. The van der Waals surface area contributed by atoms with Crippen LogP contribution in [0, 0.1) is 0 Å². The molecule has 0 spiro atoms. The lowest BCUT2D eigenvalue weighted by Gasteiger charge is -2.31. The Morgan fingerprint density at radius 2 is 1.85 bits per heavy atom. The largest absolute Gasteiger partial charge is 0.493 e. The highest BCUT2D eigenvalue weighted by Crippen LogP contribution is 2.29. The first kappa shape index (κ1) is 24.2. The Labute approximate surface area is 192 Å². The number of carbonyl (C=O) groups is 2. The Morgan fingerprint density at radius 1 is 1.12 bits per heavy atom. The van der Waals surface area contributed by atoms with Crippen molar-refractivity contribution >= 4 is 17.9 Å². The van der Waals surface area contributed by atoms with Crippen molar-refractivity contribution in [3.8, 4) is 11.5 Å². The molecule has 2 amide bonds. The average molecular weight is 459 g/mol. The number of ether oxygens (including phenoxy) is 2. The summed E-state index contributed by atoms with van der Waals surface area (Å²) in [6.07, 6.45) is 5.59. The van der Waals surface area contributed by atoms with Gasteiger partial charge in [0, 0.05) is 31.6 Å². The van der Waals surface area contributed by atoms with Crippen molar-refractivity contribution < 1.29 is 27.8 Å². The molecule has 8 heteroatoms. The number of nitrogens with zero attached hydrogens (tertiary/aromatic N) is 1. The van der Waals surface area contributed by atoms with E-state index in [2.05, 4.69) is 10.1 Å². The van der Waals surface area contributed by atoms with Gasteiger partial charge in [-0.2, -0.15) is 8.78 Å². The maximum absolute atomic E-state index is 12.5. The van der Waals surface area contributed by atoms with Gasteiger partial charge in [-0.3, -0.25) is 9.59 Å². The lowest BCUT2D eigenvalue weighted by atomic mass is 10.0. The molecule has 176 valence electrons. The molecule has 1 fully saturated rings. The zero-order chi connectivity index (χ0) is 23.6. The van der Waals surface area contributed by atoms with Crippen LogP contribution >= 0.6 is 0 Å². The van der Waals surface area contributed by atoms with E-state index in [-0.39, 0.29) is 29.4 Å². The minimum atomic E-state index is -2.95. The van der Waals surface area contributed by atoms with Crippen LogP contribution in [-0.4, -0.2) is 49.6 Å². The molecule has 6 nitrogen and oxygen atoms in total. The minimum Gasteiger partial charge on any atom is -0.493 e. The summed E-state index contributed by atoms with van der Waals surface area (Å²) < 4.78 is 34.4. The van der Waals surface area contributed by atoms with Crippen molar-refractivity contribution in [1.29, 1.82) is 0 Å². The monoisotopic (exact) mass is 458 g/mol. The molecule has 2 aromatic carbocycles.